The zero-order valence-corrected chi connectivity index (χ0v) is 13.7. The predicted molar refractivity (Wildman–Crippen MR) is 94.9 cm³/mol. The van der Waals surface area contributed by atoms with Crippen molar-refractivity contribution >= 4 is 16.6 Å². The molecule has 0 bridgehead atoms. The van der Waals surface area contributed by atoms with E-state index in [4.69, 9.17) is 0 Å². The Morgan fingerprint density at radius 3 is 2.61 bits per heavy atom. The molecule has 0 amide bonds. The van der Waals surface area contributed by atoms with Crippen LogP contribution in [0.3, 0.4) is 0 Å². The van der Waals surface area contributed by atoms with E-state index in [9.17, 15) is 4.79 Å². The van der Waals surface area contributed by atoms with Crippen LogP contribution in [0.5, 0.6) is 0 Å². The van der Waals surface area contributed by atoms with Crippen molar-refractivity contribution in [1.82, 2.24) is 4.98 Å². The Morgan fingerprint density at radius 2 is 1.78 bits per heavy atom. The lowest BCUT2D eigenvalue weighted by Gasteiger charge is -2.09. The minimum absolute atomic E-state index is 0.237. The van der Waals surface area contributed by atoms with Gasteiger partial charge in [0, 0.05) is 29.8 Å². The summed E-state index contributed by atoms with van der Waals surface area (Å²) in [6, 6.07) is 14.2. The first-order valence-corrected chi connectivity index (χ1v) is 8.08. The summed E-state index contributed by atoms with van der Waals surface area (Å²) in [7, 11) is 0. The SMILES string of the molecule is Cc1ccccc1C(=O)CCCc1ccc(C)c2cnccc12. The van der Waals surface area contributed by atoms with E-state index in [1.54, 1.807) is 0 Å². The second kappa shape index (κ2) is 6.74. The van der Waals surface area contributed by atoms with Crippen LogP contribution in [0, 0.1) is 13.8 Å². The molecule has 1 heterocycles. The van der Waals surface area contributed by atoms with E-state index in [2.05, 4.69) is 30.1 Å². The molecule has 0 saturated heterocycles. The van der Waals surface area contributed by atoms with E-state index in [0.29, 0.717) is 6.42 Å². The molecule has 3 aromatic rings. The van der Waals surface area contributed by atoms with Crippen LogP contribution in [0.15, 0.2) is 54.9 Å². The predicted octanol–water partition coefficient (Wildman–Crippen LogP) is 5.06. The minimum atomic E-state index is 0.237. The van der Waals surface area contributed by atoms with Crippen molar-refractivity contribution in [1.29, 1.82) is 0 Å². The van der Waals surface area contributed by atoms with Crippen LogP contribution in [0.1, 0.15) is 39.9 Å². The highest BCUT2D eigenvalue weighted by Crippen LogP contribution is 2.23. The quantitative estimate of drug-likeness (QED) is 0.617. The van der Waals surface area contributed by atoms with Crippen LogP contribution in [-0.4, -0.2) is 10.8 Å². The fraction of sp³-hybridized carbons (Fsp3) is 0.238. The summed E-state index contributed by atoms with van der Waals surface area (Å²) < 4.78 is 0. The summed E-state index contributed by atoms with van der Waals surface area (Å²) in [4.78, 5) is 16.6. The van der Waals surface area contributed by atoms with E-state index in [1.807, 2.05) is 43.6 Å². The molecule has 0 aliphatic rings. The lowest BCUT2D eigenvalue weighted by Crippen LogP contribution is -2.02. The maximum Gasteiger partial charge on any atom is 0.163 e. The highest BCUT2D eigenvalue weighted by molar-refractivity contribution is 5.97. The fourth-order valence-electron chi connectivity index (χ4n) is 3.07. The molecule has 0 fully saturated rings. The topological polar surface area (TPSA) is 30.0 Å². The first kappa shape index (κ1) is 15.4. The number of Topliss-reactive ketones (excluding diaryl/α,β-unsaturated/α-hetero) is 1. The second-order valence-electron chi connectivity index (χ2n) is 6.05. The number of pyridine rings is 1. The van der Waals surface area contributed by atoms with Gasteiger partial charge in [-0.1, -0.05) is 36.4 Å². The molecule has 0 saturated carbocycles. The summed E-state index contributed by atoms with van der Waals surface area (Å²) in [5.74, 6) is 0.237. The molecule has 0 N–H and O–H groups in total. The number of hydrogen-bond donors (Lipinski definition) is 0. The zero-order chi connectivity index (χ0) is 16.2. The molecule has 0 radical (unpaired) electrons. The van der Waals surface area contributed by atoms with Crippen molar-refractivity contribution in [2.24, 2.45) is 0 Å². The van der Waals surface area contributed by atoms with Gasteiger partial charge in [0.1, 0.15) is 0 Å². The first-order valence-electron chi connectivity index (χ1n) is 8.08. The van der Waals surface area contributed by atoms with Crippen molar-refractivity contribution in [2.75, 3.05) is 0 Å². The number of hydrogen-bond acceptors (Lipinski definition) is 2. The van der Waals surface area contributed by atoms with Gasteiger partial charge in [-0.25, -0.2) is 0 Å². The summed E-state index contributed by atoms with van der Waals surface area (Å²) in [6.07, 6.45) is 6.13. The number of aryl methyl sites for hydroxylation is 3. The van der Waals surface area contributed by atoms with E-state index in [-0.39, 0.29) is 5.78 Å². The zero-order valence-electron chi connectivity index (χ0n) is 13.7. The Hall–Kier alpha value is -2.48. The summed E-state index contributed by atoms with van der Waals surface area (Å²) in [5, 5.41) is 2.46. The van der Waals surface area contributed by atoms with Gasteiger partial charge in [0.25, 0.3) is 0 Å². The number of rotatable bonds is 5. The standard InChI is InChI=1S/C21H21NO/c1-15-6-3-4-8-18(15)21(23)9-5-7-17-11-10-16(2)20-14-22-13-12-19(17)20/h3-4,6,8,10-14H,5,7,9H2,1-2H3. The third-order valence-electron chi connectivity index (χ3n) is 4.42. The van der Waals surface area contributed by atoms with Crippen LogP contribution in [0.4, 0.5) is 0 Å². The first-order chi connectivity index (χ1) is 11.2. The third kappa shape index (κ3) is 3.31. The number of fused-ring (bicyclic) bond motifs is 1. The van der Waals surface area contributed by atoms with Crippen molar-refractivity contribution in [3.63, 3.8) is 0 Å². The van der Waals surface area contributed by atoms with Gasteiger partial charge in [0.2, 0.25) is 0 Å². The molecular formula is C21H21NO. The van der Waals surface area contributed by atoms with Crippen LogP contribution in [-0.2, 0) is 6.42 Å². The van der Waals surface area contributed by atoms with Crippen molar-refractivity contribution in [3.8, 4) is 0 Å². The molecule has 116 valence electrons. The molecular weight excluding hydrogens is 282 g/mol. The van der Waals surface area contributed by atoms with Crippen LogP contribution in [0.25, 0.3) is 10.8 Å². The third-order valence-corrected chi connectivity index (χ3v) is 4.42. The monoisotopic (exact) mass is 303 g/mol. The van der Waals surface area contributed by atoms with Crippen LogP contribution in [0.2, 0.25) is 0 Å². The lowest BCUT2D eigenvalue weighted by atomic mass is 9.96. The maximum absolute atomic E-state index is 12.4. The average Bonchev–Trinajstić information content (AvgIpc) is 2.57. The molecule has 2 nitrogen and oxygen atoms in total. The minimum Gasteiger partial charge on any atom is -0.294 e. The van der Waals surface area contributed by atoms with Gasteiger partial charge in [-0.05, 0) is 54.8 Å². The van der Waals surface area contributed by atoms with Crippen molar-refractivity contribution < 1.29 is 4.79 Å². The Labute approximate surface area is 137 Å². The molecule has 0 unspecified atom stereocenters. The Bertz CT molecular complexity index is 851. The highest BCUT2D eigenvalue weighted by Gasteiger charge is 2.09. The van der Waals surface area contributed by atoms with Gasteiger partial charge >= 0.3 is 0 Å². The second-order valence-corrected chi connectivity index (χ2v) is 6.05. The van der Waals surface area contributed by atoms with Crippen molar-refractivity contribution in [3.05, 3.63) is 77.1 Å². The van der Waals surface area contributed by atoms with Gasteiger partial charge in [0.15, 0.2) is 5.78 Å². The Kier molecular flexibility index (Phi) is 4.52. The van der Waals surface area contributed by atoms with E-state index >= 15 is 0 Å². The van der Waals surface area contributed by atoms with Crippen LogP contribution < -0.4 is 0 Å². The fourth-order valence-corrected chi connectivity index (χ4v) is 3.07. The molecule has 0 aliphatic carbocycles. The van der Waals surface area contributed by atoms with Gasteiger partial charge in [-0.2, -0.15) is 0 Å². The number of benzene rings is 2. The van der Waals surface area contributed by atoms with E-state index in [0.717, 1.165) is 24.0 Å². The summed E-state index contributed by atoms with van der Waals surface area (Å²) in [5.41, 5.74) is 4.45. The van der Waals surface area contributed by atoms with Gasteiger partial charge in [-0.15, -0.1) is 0 Å². The van der Waals surface area contributed by atoms with Gasteiger partial charge in [0.05, 0.1) is 0 Å². The Balaban J connectivity index is 1.71. The van der Waals surface area contributed by atoms with Crippen LogP contribution >= 0.6 is 0 Å². The number of ketones is 1. The van der Waals surface area contributed by atoms with Crippen molar-refractivity contribution in [2.45, 2.75) is 33.1 Å². The maximum atomic E-state index is 12.4. The summed E-state index contributed by atoms with van der Waals surface area (Å²) in [6.45, 7) is 4.10. The molecule has 0 aliphatic heterocycles. The molecule has 1 aromatic heterocycles. The highest BCUT2D eigenvalue weighted by atomic mass is 16.1. The number of nitrogens with zero attached hydrogens (tertiary/aromatic N) is 1. The molecule has 2 heteroatoms. The number of aromatic nitrogens is 1. The normalized spacial score (nSPS) is 10.9. The smallest absolute Gasteiger partial charge is 0.163 e. The molecule has 2 aromatic carbocycles. The van der Waals surface area contributed by atoms with E-state index < -0.39 is 0 Å². The lowest BCUT2D eigenvalue weighted by molar-refractivity contribution is 0.0979. The Morgan fingerprint density at radius 1 is 0.957 bits per heavy atom. The number of carbonyl (C=O) groups is 1. The number of carbonyl (C=O) groups excluding carboxylic acids is 1. The molecule has 23 heavy (non-hydrogen) atoms. The van der Waals surface area contributed by atoms with Gasteiger partial charge < -0.3 is 0 Å². The molecule has 0 atom stereocenters. The molecule has 0 spiro atoms. The largest absolute Gasteiger partial charge is 0.294 e. The van der Waals surface area contributed by atoms with E-state index in [1.165, 1.54) is 21.9 Å². The van der Waals surface area contributed by atoms with Gasteiger partial charge in [-0.3, -0.25) is 9.78 Å². The summed E-state index contributed by atoms with van der Waals surface area (Å²) >= 11 is 0. The average molecular weight is 303 g/mol. The molecule has 3 rings (SSSR count).